The molecule has 0 amide bonds. The zero-order valence-corrected chi connectivity index (χ0v) is 15.9. The standard InChI is InChI=1S/C16H23F2N3O.HI/c1-4-19-16(21-13-8-11(13)3)20-9-12-7-10(2)5-6-14(12)22-15(17)18;/h5-7,11,13,15H,4,8-9H2,1-3H3,(H2,19,20,21);1H. The van der Waals surface area contributed by atoms with Crippen molar-refractivity contribution in [1.82, 2.24) is 10.6 Å². The van der Waals surface area contributed by atoms with Crippen LogP contribution < -0.4 is 15.4 Å². The van der Waals surface area contributed by atoms with Gasteiger partial charge in [0, 0.05) is 18.2 Å². The van der Waals surface area contributed by atoms with E-state index >= 15 is 0 Å². The fraction of sp³-hybridized carbons (Fsp3) is 0.562. The molecule has 0 aliphatic heterocycles. The highest BCUT2D eigenvalue weighted by atomic mass is 127. The fourth-order valence-electron chi connectivity index (χ4n) is 2.23. The van der Waals surface area contributed by atoms with Gasteiger partial charge in [-0.3, -0.25) is 0 Å². The van der Waals surface area contributed by atoms with Gasteiger partial charge in [0.05, 0.1) is 6.54 Å². The Balaban J connectivity index is 0.00000264. The number of alkyl halides is 2. The molecule has 2 rings (SSSR count). The number of benzene rings is 1. The molecule has 1 aliphatic rings. The Hall–Kier alpha value is -1.12. The highest BCUT2D eigenvalue weighted by Crippen LogP contribution is 2.29. The van der Waals surface area contributed by atoms with E-state index in [-0.39, 0.29) is 29.7 Å². The van der Waals surface area contributed by atoms with Crippen molar-refractivity contribution in [2.75, 3.05) is 6.54 Å². The summed E-state index contributed by atoms with van der Waals surface area (Å²) < 4.78 is 29.5. The van der Waals surface area contributed by atoms with Crippen LogP contribution in [0.1, 0.15) is 31.4 Å². The summed E-state index contributed by atoms with van der Waals surface area (Å²) in [4.78, 5) is 4.48. The maximum absolute atomic E-state index is 12.5. The first-order chi connectivity index (χ1) is 10.5. The molecular weight excluding hydrogens is 415 g/mol. The lowest BCUT2D eigenvalue weighted by Crippen LogP contribution is -2.39. The maximum atomic E-state index is 12.5. The van der Waals surface area contributed by atoms with Crippen molar-refractivity contribution in [2.24, 2.45) is 10.9 Å². The van der Waals surface area contributed by atoms with E-state index in [4.69, 9.17) is 0 Å². The fourth-order valence-corrected chi connectivity index (χ4v) is 2.23. The smallest absolute Gasteiger partial charge is 0.387 e. The number of nitrogens with zero attached hydrogens (tertiary/aromatic N) is 1. The van der Waals surface area contributed by atoms with Crippen molar-refractivity contribution in [1.29, 1.82) is 0 Å². The molecule has 2 unspecified atom stereocenters. The van der Waals surface area contributed by atoms with Gasteiger partial charge >= 0.3 is 6.61 Å². The molecule has 1 aromatic rings. The minimum absolute atomic E-state index is 0. The van der Waals surface area contributed by atoms with Gasteiger partial charge in [0.2, 0.25) is 0 Å². The monoisotopic (exact) mass is 439 g/mol. The molecule has 0 saturated heterocycles. The maximum Gasteiger partial charge on any atom is 0.387 e. The Bertz CT molecular complexity index is 540. The van der Waals surface area contributed by atoms with Crippen molar-refractivity contribution < 1.29 is 13.5 Å². The van der Waals surface area contributed by atoms with Gasteiger partial charge in [0.25, 0.3) is 0 Å². The molecule has 4 nitrogen and oxygen atoms in total. The second kappa shape index (κ2) is 9.24. The normalized spacial score (nSPS) is 20.0. The zero-order chi connectivity index (χ0) is 16.1. The van der Waals surface area contributed by atoms with Gasteiger partial charge in [-0.1, -0.05) is 24.6 Å². The van der Waals surface area contributed by atoms with Gasteiger partial charge in [-0.2, -0.15) is 8.78 Å². The van der Waals surface area contributed by atoms with Crippen LogP contribution in [0.2, 0.25) is 0 Å². The molecule has 0 aromatic heterocycles. The number of hydrogen-bond acceptors (Lipinski definition) is 2. The number of ether oxygens (including phenoxy) is 1. The third kappa shape index (κ3) is 6.48. The molecule has 23 heavy (non-hydrogen) atoms. The van der Waals surface area contributed by atoms with Crippen LogP contribution in [0.3, 0.4) is 0 Å². The SMILES string of the molecule is CCNC(=NCc1cc(C)ccc1OC(F)F)NC1CC1C.I. The summed E-state index contributed by atoms with van der Waals surface area (Å²) >= 11 is 0. The van der Waals surface area contributed by atoms with Crippen LogP contribution in [-0.4, -0.2) is 25.2 Å². The molecule has 7 heteroatoms. The number of guanidine groups is 1. The number of aryl methyl sites for hydroxylation is 1. The van der Waals surface area contributed by atoms with Crippen LogP contribution in [0.4, 0.5) is 8.78 Å². The van der Waals surface area contributed by atoms with Crippen molar-refractivity contribution >= 4 is 29.9 Å². The van der Waals surface area contributed by atoms with Crippen molar-refractivity contribution in [3.63, 3.8) is 0 Å². The summed E-state index contributed by atoms with van der Waals surface area (Å²) in [6, 6.07) is 5.59. The molecule has 130 valence electrons. The Kier molecular flexibility index (Phi) is 8.01. The molecule has 1 aliphatic carbocycles. The second-order valence-electron chi connectivity index (χ2n) is 5.65. The summed E-state index contributed by atoms with van der Waals surface area (Å²) in [5.74, 6) is 1.54. The minimum atomic E-state index is -2.83. The summed E-state index contributed by atoms with van der Waals surface area (Å²) in [7, 11) is 0. The van der Waals surface area contributed by atoms with Crippen LogP contribution in [0.25, 0.3) is 0 Å². The molecule has 0 spiro atoms. The zero-order valence-electron chi connectivity index (χ0n) is 13.6. The van der Waals surface area contributed by atoms with Crippen LogP contribution in [0.15, 0.2) is 23.2 Å². The largest absolute Gasteiger partial charge is 0.434 e. The lowest BCUT2D eigenvalue weighted by molar-refractivity contribution is -0.0504. The van der Waals surface area contributed by atoms with E-state index in [1.807, 2.05) is 19.9 Å². The van der Waals surface area contributed by atoms with E-state index in [1.165, 1.54) is 0 Å². The van der Waals surface area contributed by atoms with Gasteiger partial charge in [-0.05, 0) is 32.3 Å². The predicted octanol–water partition coefficient (Wildman–Crippen LogP) is 3.68. The van der Waals surface area contributed by atoms with Crippen LogP contribution in [0, 0.1) is 12.8 Å². The highest BCUT2D eigenvalue weighted by Gasteiger charge is 2.33. The lowest BCUT2D eigenvalue weighted by atomic mass is 10.1. The first-order valence-electron chi connectivity index (χ1n) is 7.58. The van der Waals surface area contributed by atoms with E-state index < -0.39 is 6.61 Å². The predicted molar refractivity (Wildman–Crippen MR) is 98.7 cm³/mol. The number of aliphatic imine (C=N–C) groups is 1. The Morgan fingerprint density at radius 3 is 2.70 bits per heavy atom. The van der Waals surface area contributed by atoms with Crippen molar-refractivity contribution in [3.8, 4) is 5.75 Å². The van der Waals surface area contributed by atoms with Gasteiger partial charge in [0.1, 0.15) is 5.75 Å². The van der Waals surface area contributed by atoms with Crippen LogP contribution >= 0.6 is 24.0 Å². The topological polar surface area (TPSA) is 45.7 Å². The van der Waals surface area contributed by atoms with Crippen LogP contribution in [-0.2, 0) is 6.54 Å². The molecule has 0 bridgehead atoms. The Labute approximate surface area is 153 Å². The summed E-state index contributed by atoms with van der Waals surface area (Å²) in [5, 5.41) is 6.51. The summed E-state index contributed by atoms with van der Waals surface area (Å²) in [6.45, 7) is 4.29. The number of hydrogen-bond donors (Lipinski definition) is 2. The average Bonchev–Trinajstić information content (AvgIpc) is 3.14. The Morgan fingerprint density at radius 2 is 2.13 bits per heavy atom. The molecule has 1 aromatic carbocycles. The average molecular weight is 439 g/mol. The minimum Gasteiger partial charge on any atom is -0.434 e. The van der Waals surface area contributed by atoms with Crippen molar-refractivity contribution in [2.45, 2.75) is 46.4 Å². The van der Waals surface area contributed by atoms with E-state index in [0.717, 1.165) is 18.5 Å². The van der Waals surface area contributed by atoms with E-state index in [0.29, 0.717) is 30.0 Å². The Morgan fingerprint density at radius 1 is 1.43 bits per heavy atom. The number of rotatable bonds is 6. The third-order valence-electron chi connectivity index (χ3n) is 3.62. The molecule has 2 N–H and O–H groups in total. The molecule has 0 heterocycles. The summed E-state index contributed by atoms with van der Waals surface area (Å²) in [5.41, 5.74) is 1.64. The van der Waals surface area contributed by atoms with E-state index in [2.05, 4.69) is 27.3 Å². The number of nitrogens with one attached hydrogen (secondary N) is 2. The molecule has 0 radical (unpaired) electrons. The van der Waals surface area contributed by atoms with Crippen molar-refractivity contribution in [3.05, 3.63) is 29.3 Å². The van der Waals surface area contributed by atoms with E-state index in [1.54, 1.807) is 12.1 Å². The van der Waals surface area contributed by atoms with Gasteiger partial charge in [-0.15, -0.1) is 24.0 Å². The van der Waals surface area contributed by atoms with Gasteiger partial charge in [-0.25, -0.2) is 4.99 Å². The summed E-state index contributed by atoms with van der Waals surface area (Å²) in [6.07, 6.45) is 1.13. The first kappa shape index (κ1) is 19.9. The quantitative estimate of drug-likeness (QED) is 0.404. The van der Waals surface area contributed by atoms with Crippen LogP contribution in [0.5, 0.6) is 5.75 Å². The van der Waals surface area contributed by atoms with E-state index in [9.17, 15) is 8.78 Å². The van der Waals surface area contributed by atoms with Gasteiger partial charge < -0.3 is 15.4 Å². The molecule has 1 saturated carbocycles. The molecule has 2 atom stereocenters. The molecular formula is C16H24F2IN3O. The number of halogens is 3. The highest BCUT2D eigenvalue weighted by molar-refractivity contribution is 14.0. The lowest BCUT2D eigenvalue weighted by Gasteiger charge is -2.13. The second-order valence-corrected chi connectivity index (χ2v) is 5.65. The first-order valence-corrected chi connectivity index (χ1v) is 7.58. The third-order valence-corrected chi connectivity index (χ3v) is 3.62. The molecule has 1 fully saturated rings. The van der Waals surface area contributed by atoms with Gasteiger partial charge in [0.15, 0.2) is 5.96 Å².